The fourth-order valence-corrected chi connectivity index (χ4v) is 5.57. The van der Waals surface area contributed by atoms with Gasteiger partial charge < -0.3 is 15.6 Å². The normalized spacial score (nSPS) is 9.86. The first kappa shape index (κ1) is 46.3. The van der Waals surface area contributed by atoms with Gasteiger partial charge in [-0.25, -0.2) is 9.98 Å². The van der Waals surface area contributed by atoms with Crippen LogP contribution in [0, 0.1) is 17.7 Å². The summed E-state index contributed by atoms with van der Waals surface area (Å²) in [5, 5.41) is 22.2. The minimum absolute atomic E-state index is 0.0252. The molecule has 0 radical (unpaired) electrons. The number of hydrogen-bond donors (Lipinski definition) is 4. The lowest BCUT2D eigenvalue weighted by Crippen LogP contribution is -2.16. The second-order valence-electron chi connectivity index (χ2n) is 11.6. The van der Waals surface area contributed by atoms with Crippen molar-refractivity contribution in [3.05, 3.63) is 180 Å². The number of nitrogen functional groups attached to an aromatic ring is 1. The molecule has 7 aromatic rings. The molecule has 1 heterocycles. The standard InChI is InChI=1S/C21H18N2.C16H15N5.C7H8.3C2H6/c1-3-15-13-14-18-17-11-7-8-12-19(17)23(2)21(18)20(15)22-16-9-5-4-6-10-16;1-20-16(14(18)12-9-5-6-10-13(12)17)21-15(19)11-7-3-2-4-8-11;1-7-5-3-2-4-6-7;3*1-2/h3-14,22H,1H2,2H3;2-10,18-19H,1,17H2;2-6H,1H3;3*1-2H3. The van der Waals surface area contributed by atoms with Gasteiger partial charge in [-0.1, -0.05) is 187 Å². The Bertz CT molecular complexity index is 2320. The van der Waals surface area contributed by atoms with Crippen molar-refractivity contribution < 1.29 is 0 Å². The monoisotopic (exact) mass is 757 g/mol. The van der Waals surface area contributed by atoms with Crippen molar-refractivity contribution in [3.63, 3.8) is 0 Å². The summed E-state index contributed by atoms with van der Waals surface area (Å²) in [7, 11) is 2.12. The molecule has 0 bridgehead atoms. The van der Waals surface area contributed by atoms with Gasteiger partial charge in [0.15, 0.2) is 11.7 Å². The maximum atomic E-state index is 8.14. The van der Waals surface area contributed by atoms with Gasteiger partial charge in [0.25, 0.3) is 0 Å². The summed E-state index contributed by atoms with van der Waals surface area (Å²) < 4.78 is 2.25. The highest BCUT2D eigenvalue weighted by Crippen LogP contribution is 2.37. The van der Waals surface area contributed by atoms with Crippen molar-refractivity contribution in [1.82, 2.24) is 4.57 Å². The number of amidine groups is 2. The van der Waals surface area contributed by atoms with Crippen LogP contribution in [0.25, 0.3) is 27.9 Å². The summed E-state index contributed by atoms with van der Waals surface area (Å²) in [5.41, 5.74) is 14.6. The van der Waals surface area contributed by atoms with E-state index < -0.39 is 0 Å². The average Bonchev–Trinajstić information content (AvgIpc) is 3.57. The van der Waals surface area contributed by atoms with Crippen LogP contribution in [0.4, 0.5) is 17.1 Å². The third-order valence-electron chi connectivity index (χ3n) is 8.17. The summed E-state index contributed by atoms with van der Waals surface area (Å²) in [6.45, 7) is 21.5. The van der Waals surface area contributed by atoms with Crippen molar-refractivity contribution in [2.24, 2.45) is 17.0 Å². The second-order valence-corrected chi connectivity index (χ2v) is 11.6. The van der Waals surface area contributed by atoms with E-state index >= 15 is 0 Å². The number of nitrogens with two attached hydrogens (primary N) is 1. The second kappa shape index (κ2) is 25.3. The Balaban J connectivity index is 0.000000304. The van der Waals surface area contributed by atoms with Gasteiger partial charge in [-0.3, -0.25) is 10.8 Å². The lowest BCUT2D eigenvalue weighted by atomic mass is 10.1. The summed E-state index contributed by atoms with van der Waals surface area (Å²) in [6, 6.07) is 49.4. The molecule has 57 heavy (non-hydrogen) atoms. The molecular formula is C50H59N7. The van der Waals surface area contributed by atoms with E-state index in [4.69, 9.17) is 16.6 Å². The quantitative estimate of drug-likeness (QED) is 0.0768. The molecule has 0 aliphatic heterocycles. The van der Waals surface area contributed by atoms with Crippen molar-refractivity contribution in [2.75, 3.05) is 11.1 Å². The number of nitrogens with zero attached hydrogens (tertiary/aromatic N) is 3. The summed E-state index contributed by atoms with van der Waals surface area (Å²) >= 11 is 0. The molecule has 5 N–H and O–H groups in total. The number of benzene rings is 6. The Hall–Kier alpha value is -6.86. The van der Waals surface area contributed by atoms with Crippen LogP contribution < -0.4 is 11.1 Å². The van der Waals surface area contributed by atoms with Gasteiger partial charge in [0.05, 0.1) is 11.2 Å². The number of hydrogen-bond acceptors (Lipinski definition) is 4. The van der Waals surface area contributed by atoms with Crippen LogP contribution in [0.1, 0.15) is 63.8 Å². The predicted octanol–water partition coefficient (Wildman–Crippen LogP) is 13.6. The fraction of sp³-hybridized carbons (Fsp3) is 0.160. The lowest BCUT2D eigenvalue weighted by molar-refractivity contribution is 1.01. The number of fused-ring (bicyclic) bond motifs is 3. The van der Waals surface area contributed by atoms with E-state index in [0.29, 0.717) is 16.8 Å². The van der Waals surface area contributed by atoms with Crippen LogP contribution >= 0.6 is 0 Å². The minimum atomic E-state index is 0.0252. The van der Waals surface area contributed by atoms with Crippen LogP contribution in [0.2, 0.25) is 0 Å². The lowest BCUT2D eigenvalue weighted by Gasteiger charge is -2.13. The number of anilines is 3. The Labute approximate surface area is 340 Å². The first-order valence-corrected chi connectivity index (χ1v) is 19.4. The number of aryl methyl sites for hydroxylation is 2. The van der Waals surface area contributed by atoms with E-state index in [0.717, 1.165) is 16.9 Å². The van der Waals surface area contributed by atoms with Crippen molar-refractivity contribution in [3.8, 4) is 0 Å². The third kappa shape index (κ3) is 12.9. The SMILES string of the molecule is C=Cc1ccc2c3ccccc3n(C)c2c1Nc1ccccc1.C=NC(=NC(=N)c1ccccc1)C(=N)c1ccccc1N.CC.CC.CC.Cc1ccccc1. The Morgan fingerprint density at radius 1 is 0.667 bits per heavy atom. The molecule has 7 heteroatoms. The molecule has 0 fully saturated rings. The molecule has 6 aromatic carbocycles. The van der Waals surface area contributed by atoms with E-state index in [-0.39, 0.29) is 17.4 Å². The van der Waals surface area contributed by atoms with Crippen molar-refractivity contribution in [1.29, 1.82) is 10.8 Å². The van der Waals surface area contributed by atoms with Gasteiger partial charge >= 0.3 is 0 Å². The zero-order chi connectivity index (χ0) is 42.2. The number of aliphatic imine (C=N–C) groups is 2. The van der Waals surface area contributed by atoms with Crippen LogP contribution in [-0.2, 0) is 7.05 Å². The molecule has 0 unspecified atom stereocenters. The van der Waals surface area contributed by atoms with Gasteiger partial charge in [0, 0.05) is 45.8 Å². The fourth-order valence-electron chi connectivity index (χ4n) is 5.57. The maximum Gasteiger partial charge on any atom is 0.179 e. The Morgan fingerprint density at radius 3 is 1.74 bits per heavy atom. The predicted molar refractivity (Wildman–Crippen MR) is 253 cm³/mol. The molecule has 7 rings (SSSR count). The molecule has 0 atom stereocenters. The molecule has 7 nitrogen and oxygen atoms in total. The average molecular weight is 758 g/mol. The first-order chi connectivity index (χ1) is 27.8. The van der Waals surface area contributed by atoms with E-state index in [1.807, 2.05) is 102 Å². The highest BCUT2D eigenvalue weighted by molar-refractivity contribution is 6.49. The molecule has 0 saturated carbocycles. The molecule has 0 amide bonds. The first-order valence-electron chi connectivity index (χ1n) is 19.4. The number of para-hydroxylation sites is 3. The number of nitrogens with one attached hydrogen (secondary N) is 3. The summed E-state index contributed by atoms with van der Waals surface area (Å²) in [4.78, 5) is 7.82. The zero-order valence-electron chi connectivity index (χ0n) is 34.8. The minimum Gasteiger partial charge on any atom is -0.398 e. The molecule has 0 saturated heterocycles. The largest absolute Gasteiger partial charge is 0.398 e. The van der Waals surface area contributed by atoms with Crippen molar-refractivity contribution in [2.45, 2.75) is 48.5 Å². The van der Waals surface area contributed by atoms with E-state index in [1.54, 1.807) is 36.4 Å². The maximum absolute atomic E-state index is 8.14. The summed E-state index contributed by atoms with van der Waals surface area (Å²) in [5.74, 6) is 0.0963. The molecular weight excluding hydrogens is 699 g/mol. The van der Waals surface area contributed by atoms with E-state index in [9.17, 15) is 0 Å². The highest BCUT2D eigenvalue weighted by atomic mass is 15.0. The van der Waals surface area contributed by atoms with Gasteiger partial charge in [-0.05, 0) is 43.5 Å². The van der Waals surface area contributed by atoms with Gasteiger partial charge in [0.1, 0.15) is 5.71 Å². The van der Waals surface area contributed by atoms with Crippen LogP contribution in [0.15, 0.2) is 168 Å². The molecule has 1 aromatic heterocycles. The van der Waals surface area contributed by atoms with Crippen LogP contribution in [-0.4, -0.2) is 28.7 Å². The van der Waals surface area contributed by atoms with E-state index in [2.05, 4.69) is 108 Å². The molecule has 0 aliphatic carbocycles. The van der Waals surface area contributed by atoms with E-state index in [1.165, 1.54) is 27.4 Å². The molecule has 0 spiro atoms. The van der Waals surface area contributed by atoms with Gasteiger partial charge in [-0.2, -0.15) is 0 Å². The summed E-state index contributed by atoms with van der Waals surface area (Å²) in [6.07, 6.45) is 1.91. The van der Waals surface area contributed by atoms with Crippen LogP contribution in [0.3, 0.4) is 0 Å². The molecule has 294 valence electrons. The number of rotatable bonds is 6. The third-order valence-corrected chi connectivity index (χ3v) is 8.17. The van der Waals surface area contributed by atoms with Crippen LogP contribution in [0.5, 0.6) is 0 Å². The van der Waals surface area contributed by atoms with Gasteiger partial charge in [-0.15, -0.1) is 0 Å². The zero-order valence-corrected chi connectivity index (χ0v) is 34.8. The smallest absolute Gasteiger partial charge is 0.179 e. The Morgan fingerprint density at radius 2 is 1.19 bits per heavy atom. The highest BCUT2D eigenvalue weighted by Gasteiger charge is 2.15. The number of aromatic nitrogens is 1. The Kier molecular flexibility index (Phi) is 20.5. The van der Waals surface area contributed by atoms with Gasteiger partial charge in [0.2, 0.25) is 0 Å². The topological polar surface area (TPSA) is 115 Å². The van der Waals surface area contributed by atoms with Crippen molar-refractivity contribution >= 4 is 69.0 Å². The molecule has 0 aliphatic rings.